The van der Waals surface area contributed by atoms with E-state index in [0.29, 0.717) is 106 Å². The molecular weight excluding hydrogens is 726 g/mol. The number of nitro groups is 2. The lowest BCUT2D eigenvalue weighted by Crippen LogP contribution is -2.16. The Kier molecular flexibility index (Phi) is 25.0. The van der Waals surface area contributed by atoms with Crippen LogP contribution in [0, 0.1) is 27.2 Å². The summed E-state index contributed by atoms with van der Waals surface area (Å²) in [6, 6.07) is 9.84. The lowest BCUT2D eigenvalue weighted by molar-refractivity contribution is -0.393. The maximum atomic E-state index is 12.1. The second kappa shape index (κ2) is 29.0. The lowest BCUT2D eigenvalue weighted by atomic mass is 10.2. The van der Waals surface area contributed by atoms with Gasteiger partial charge in [-0.25, -0.2) is 0 Å². The summed E-state index contributed by atoms with van der Waals surface area (Å²) in [5.41, 5.74) is 0.415. The van der Waals surface area contributed by atoms with Crippen molar-refractivity contribution in [3.63, 3.8) is 0 Å². The molecule has 0 aromatic heterocycles. The molecule has 0 spiro atoms. The zero-order valence-electron chi connectivity index (χ0n) is 30.0. The average molecular weight is 778 g/mol. The van der Waals surface area contributed by atoms with Crippen LogP contribution in [0.3, 0.4) is 0 Å². The minimum atomic E-state index is -3.79. The van der Waals surface area contributed by atoms with Crippen molar-refractivity contribution in [2.24, 2.45) is 0 Å². The van der Waals surface area contributed by atoms with Crippen molar-refractivity contribution in [2.45, 2.75) is 11.8 Å². The van der Waals surface area contributed by atoms with Crippen LogP contribution in [0.15, 0.2) is 47.4 Å². The molecule has 0 saturated heterocycles. The number of nitrogens with one attached hydrogen (secondary N) is 1. The maximum absolute atomic E-state index is 12.1. The van der Waals surface area contributed by atoms with Gasteiger partial charge in [0.05, 0.1) is 146 Å². The number of nitro benzene ring substituents is 2. The van der Waals surface area contributed by atoms with Gasteiger partial charge >= 0.3 is 0 Å². The molecular formula is C33H51N3O16S. The molecule has 1 N–H and O–H groups in total. The molecule has 0 fully saturated rings. The fourth-order valence-electron chi connectivity index (χ4n) is 4.03. The monoisotopic (exact) mass is 777 g/mol. The summed E-state index contributed by atoms with van der Waals surface area (Å²) in [7, 11) is -3.79. The first-order valence-electron chi connectivity index (χ1n) is 17.0. The van der Waals surface area contributed by atoms with Gasteiger partial charge in [0, 0.05) is 12.6 Å². The van der Waals surface area contributed by atoms with Crippen molar-refractivity contribution in [1.82, 2.24) is 0 Å². The van der Waals surface area contributed by atoms with Gasteiger partial charge in [-0.1, -0.05) is 17.7 Å². The molecule has 0 unspecified atom stereocenters. The minimum absolute atomic E-state index is 0.0761. The van der Waals surface area contributed by atoms with Crippen LogP contribution in [0.25, 0.3) is 0 Å². The van der Waals surface area contributed by atoms with Crippen molar-refractivity contribution in [3.05, 3.63) is 68.3 Å². The van der Waals surface area contributed by atoms with E-state index in [0.717, 1.165) is 11.6 Å². The Balaban J connectivity index is 1.23. The molecule has 2 rings (SSSR count). The summed E-state index contributed by atoms with van der Waals surface area (Å²) in [6.07, 6.45) is 0. The quantitative estimate of drug-likeness (QED) is 0.0460. The standard InChI is InChI=1S/C33H51N3O16S/c1-29-2-5-31(6-3-29)53(41,42)52-27-26-51-25-24-50-23-22-49-21-20-48-19-18-47-17-16-46-15-14-45-13-12-44-11-10-43-9-8-34-32-7-4-30(35(37)38)28-33(32)36(39)40/h2-7,28,34H,8-27H2,1H3. The van der Waals surface area contributed by atoms with Gasteiger partial charge in [0.1, 0.15) is 5.69 Å². The van der Waals surface area contributed by atoms with Crippen LogP contribution in [-0.2, 0) is 56.9 Å². The number of hydrogen-bond donors (Lipinski definition) is 1. The first kappa shape index (κ1) is 45.7. The molecule has 0 radical (unpaired) electrons. The Morgan fingerprint density at radius 2 is 0.906 bits per heavy atom. The van der Waals surface area contributed by atoms with Crippen LogP contribution in [0.2, 0.25) is 0 Å². The predicted molar refractivity (Wildman–Crippen MR) is 190 cm³/mol. The van der Waals surface area contributed by atoms with Crippen LogP contribution in [0.5, 0.6) is 0 Å². The molecule has 2 aromatic carbocycles. The third kappa shape index (κ3) is 22.4. The van der Waals surface area contributed by atoms with E-state index in [-0.39, 0.29) is 48.3 Å². The van der Waals surface area contributed by atoms with E-state index in [2.05, 4.69) is 5.32 Å². The van der Waals surface area contributed by atoms with E-state index in [1.54, 1.807) is 12.1 Å². The highest BCUT2D eigenvalue weighted by Gasteiger charge is 2.19. The SMILES string of the molecule is Cc1ccc(S(=O)(=O)OCCOCCOCCOCCOCCOCCOCCOCCOCCOCCNc2ccc([N+](=O)[O-])cc2[N+](=O)[O-])cc1. The summed E-state index contributed by atoms with van der Waals surface area (Å²) in [6.45, 7) is 8.85. The molecule has 20 heteroatoms. The molecule has 2 aromatic rings. The number of benzene rings is 2. The van der Waals surface area contributed by atoms with Crippen LogP contribution in [0.1, 0.15) is 5.56 Å². The molecule has 0 aliphatic carbocycles. The van der Waals surface area contributed by atoms with E-state index < -0.39 is 20.0 Å². The molecule has 300 valence electrons. The highest BCUT2D eigenvalue weighted by molar-refractivity contribution is 7.86. The minimum Gasteiger partial charge on any atom is -0.377 e. The number of nitrogens with zero attached hydrogens (tertiary/aromatic N) is 2. The Morgan fingerprint density at radius 1 is 0.528 bits per heavy atom. The smallest absolute Gasteiger partial charge is 0.299 e. The van der Waals surface area contributed by atoms with Gasteiger partial charge in [0.25, 0.3) is 21.5 Å². The molecule has 0 amide bonds. The normalized spacial score (nSPS) is 11.6. The first-order valence-corrected chi connectivity index (χ1v) is 18.4. The average Bonchev–Trinajstić information content (AvgIpc) is 3.14. The summed E-state index contributed by atoms with van der Waals surface area (Å²) >= 11 is 0. The van der Waals surface area contributed by atoms with Crippen molar-refractivity contribution in [2.75, 3.05) is 137 Å². The summed E-state index contributed by atoms with van der Waals surface area (Å²) < 4.78 is 77.9. The van der Waals surface area contributed by atoms with E-state index in [1.807, 2.05) is 6.92 Å². The summed E-state index contributed by atoms with van der Waals surface area (Å²) in [4.78, 5) is 20.7. The maximum Gasteiger partial charge on any atom is 0.299 e. The van der Waals surface area contributed by atoms with Crippen LogP contribution < -0.4 is 5.32 Å². The predicted octanol–water partition coefficient (Wildman–Crippen LogP) is 2.78. The Labute approximate surface area is 309 Å². The third-order valence-corrected chi connectivity index (χ3v) is 8.03. The largest absolute Gasteiger partial charge is 0.377 e. The molecule has 0 aliphatic heterocycles. The topological polar surface area (TPSA) is 225 Å². The Hall–Kier alpha value is -3.41. The molecule has 0 saturated carbocycles. The van der Waals surface area contributed by atoms with E-state index >= 15 is 0 Å². The molecule has 0 aliphatic rings. The summed E-state index contributed by atoms with van der Waals surface area (Å²) in [5.74, 6) is 0. The highest BCUT2D eigenvalue weighted by Crippen LogP contribution is 2.28. The van der Waals surface area contributed by atoms with Gasteiger partial charge in [-0.05, 0) is 25.1 Å². The van der Waals surface area contributed by atoms with E-state index in [9.17, 15) is 28.6 Å². The van der Waals surface area contributed by atoms with Gasteiger partial charge in [-0.2, -0.15) is 8.42 Å². The van der Waals surface area contributed by atoms with E-state index in [1.165, 1.54) is 24.3 Å². The van der Waals surface area contributed by atoms with Gasteiger partial charge in [-0.15, -0.1) is 0 Å². The fraction of sp³-hybridized carbons (Fsp3) is 0.636. The Bertz CT molecular complexity index is 1380. The molecule has 19 nitrogen and oxygen atoms in total. The van der Waals surface area contributed by atoms with Gasteiger partial charge in [0.2, 0.25) is 0 Å². The third-order valence-electron chi connectivity index (χ3n) is 6.70. The second-order valence-corrected chi connectivity index (χ2v) is 12.4. The number of rotatable bonds is 35. The van der Waals surface area contributed by atoms with E-state index in [4.69, 9.17) is 46.8 Å². The van der Waals surface area contributed by atoms with Crippen molar-refractivity contribution >= 4 is 27.2 Å². The summed E-state index contributed by atoms with van der Waals surface area (Å²) in [5, 5.41) is 24.8. The number of ether oxygens (including phenoxy) is 9. The van der Waals surface area contributed by atoms with Gasteiger partial charge in [0.15, 0.2) is 0 Å². The van der Waals surface area contributed by atoms with Crippen LogP contribution in [-0.4, -0.2) is 150 Å². The van der Waals surface area contributed by atoms with Crippen molar-refractivity contribution in [1.29, 1.82) is 0 Å². The van der Waals surface area contributed by atoms with Gasteiger partial charge < -0.3 is 47.9 Å². The zero-order valence-corrected chi connectivity index (χ0v) is 30.8. The number of hydrogen-bond acceptors (Lipinski definition) is 17. The van der Waals surface area contributed by atoms with Crippen LogP contribution in [0.4, 0.5) is 17.1 Å². The van der Waals surface area contributed by atoms with Crippen molar-refractivity contribution < 1.29 is 65.1 Å². The second-order valence-electron chi connectivity index (χ2n) is 10.7. The highest BCUT2D eigenvalue weighted by atomic mass is 32.2. The Morgan fingerprint density at radius 3 is 1.28 bits per heavy atom. The van der Waals surface area contributed by atoms with Crippen LogP contribution >= 0.6 is 0 Å². The fourth-order valence-corrected chi connectivity index (χ4v) is 4.92. The lowest BCUT2D eigenvalue weighted by Gasteiger charge is -2.09. The molecule has 0 heterocycles. The first-order chi connectivity index (χ1) is 25.7. The van der Waals surface area contributed by atoms with Gasteiger partial charge in [-0.3, -0.25) is 24.4 Å². The number of non-ortho nitro benzene ring substituents is 1. The molecule has 0 atom stereocenters. The van der Waals surface area contributed by atoms with Crippen molar-refractivity contribution in [3.8, 4) is 0 Å². The molecule has 53 heavy (non-hydrogen) atoms. The number of anilines is 1. The zero-order chi connectivity index (χ0) is 38.4. The molecule has 0 bridgehead atoms. The number of aryl methyl sites for hydroxylation is 1.